The van der Waals surface area contributed by atoms with Crippen molar-refractivity contribution in [2.24, 2.45) is 0 Å². The molecule has 0 aliphatic heterocycles. The number of aliphatic carboxylic acids is 1. The van der Waals surface area contributed by atoms with E-state index in [0.717, 1.165) is 12.0 Å². The van der Waals surface area contributed by atoms with Gasteiger partial charge in [0.05, 0.1) is 5.92 Å². The number of carbonyl (C=O) groups is 1. The molecule has 3 nitrogen and oxygen atoms in total. The Kier molecular flexibility index (Phi) is 4.88. The maximum atomic E-state index is 11.6. The van der Waals surface area contributed by atoms with Crippen LogP contribution in [0.4, 0.5) is 0 Å². The summed E-state index contributed by atoms with van der Waals surface area (Å²) in [5.74, 6) is -1.04. The highest BCUT2D eigenvalue weighted by Crippen LogP contribution is 2.32. The highest BCUT2D eigenvalue weighted by Gasteiger charge is 2.24. The largest absolute Gasteiger partial charge is 0.481 e. The summed E-state index contributed by atoms with van der Waals surface area (Å²) >= 11 is 0. The van der Waals surface area contributed by atoms with Crippen LogP contribution in [0, 0.1) is 0 Å². The molecule has 3 heteroatoms. The van der Waals surface area contributed by atoms with E-state index in [1.54, 1.807) is 18.5 Å². The summed E-state index contributed by atoms with van der Waals surface area (Å²) < 4.78 is 0. The molecule has 0 aliphatic rings. The van der Waals surface area contributed by atoms with Crippen LogP contribution in [0.15, 0.2) is 54.9 Å². The first-order valence-corrected chi connectivity index (χ1v) is 6.90. The predicted octanol–water partition coefficient (Wildman–Crippen LogP) is 3.83. The Morgan fingerprint density at radius 2 is 1.85 bits per heavy atom. The van der Waals surface area contributed by atoms with Crippen LogP contribution in [0.1, 0.15) is 42.7 Å². The van der Waals surface area contributed by atoms with Crippen LogP contribution in [-0.2, 0) is 4.79 Å². The molecule has 1 aromatic carbocycles. The van der Waals surface area contributed by atoms with Crippen molar-refractivity contribution in [3.05, 3.63) is 66.0 Å². The predicted molar refractivity (Wildman–Crippen MR) is 78.7 cm³/mol. The van der Waals surface area contributed by atoms with E-state index in [1.165, 1.54) is 5.56 Å². The van der Waals surface area contributed by atoms with Crippen LogP contribution in [0.3, 0.4) is 0 Å². The summed E-state index contributed by atoms with van der Waals surface area (Å²) in [4.78, 5) is 15.6. The van der Waals surface area contributed by atoms with Gasteiger partial charge in [-0.05, 0) is 36.0 Å². The van der Waals surface area contributed by atoms with Gasteiger partial charge in [-0.3, -0.25) is 9.78 Å². The Bertz CT molecular complexity index is 539. The van der Waals surface area contributed by atoms with Gasteiger partial charge in [0.2, 0.25) is 0 Å². The second-order valence-electron chi connectivity index (χ2n) is 4.93. The van der Waals surface area contributed by atoms with Gasteiger partial charge in [-0.1, -0.05) is 43.3 Å². The molecule has 2 aromatic rings. The van der Waals surface area contributed by atoms with E-state index >= 15 is 0 Å². The lowest BCUT2D eigenvalue weighted by atomic mass is 9.84. The molecule has 20 heavy (non-hydrogen) atoms. The number of aromatic nitrogens is 1. The maximum absolute atomic E-state index is 11.6. The SMILES string of the molecule is CC[C@@H](C[C@H](C(=O)O)c1cccnc1)c1ccccc1. The van der Waals surface area contributed by atoms with Crippen LogP contribution >= 0.6 is 0 Å². The van der Waals surface area contributed by atoms with Crippen molar-refractivity contribution in [2.45, 2.75) is 31.6 Å². The molecule has 0 aliphatic carbocycles. The first-order chi connectivity index (χ1) is 9.72. The zero-order chi connectivity index (χ0) is 14.4. The average molecular weight is 269 g/mol. The van der Waals surface area contributed by atoms with Gasteiger partial charge in [0.15, 0.2) is 0 Å². The van der Waals surface area contributed by atoms with Crippen LogP contribution < -0.4 is 0 Å². The number of carboxylic acid groups (broad SMARTS) is 1. The molecule has 0 fully saturated rings. The molecular formula is C17H19NO2. The molecule has 0 bridgehead atoms. The minimum atomic E-state index is -0.785. The molecule has 0 amide bonds. The molecule has 0 spiro atoms. The number of hydrogen-bond acceptors (Lipinski definition) is 2. The van der Waals surface area contributed by atoms with Gasteiger partial charge in [-0.2, -0.15) is 0 Å². The quantitative estimate of drug-likeness (QED) is 0.867. The molecule has 104 valence electrons. The second kappa shape index (κ2) is 6.85. The fourth-order valence-corrected chi connectivity index (χ4v) is 2.51. The summed E-state index contributed by atoms with van der Waals surface area (Å²) in [6.07, 6.45) is 4.84. The Balaban J connectivity index is 2.21. The van der Waals surface area contributed by atoms with E-state index in [0.29, 0.717) is 6.42 Å². The van der Waals surface area contributed by atoms with E-state index in [2.05, 4.69) is 24.0 Å². The number of carboxylic acids is 1. The van der Waals surface area contributed by atoms with Crippen LogP contribution in [0.5, 0.6) is 0 Å². The third-order valence-corrected chi connectivity index (χ3v) is 3.67. The summed E-state index contributed by atoms with van der Waals surface area (Å²) in [5.41, 5.74) is 1.97. The van der Waals surface area contributed by atoms with Crippen LogP contribution in [0.2, 0.25) is 0 Å². The molecule has 0 radical (unpaired) electrons. The first-order valence-electron chi connectivity index (χ1n) is 6.90. The Hall–Kier alpha value is -2.16. The minimum absolute atomic E-state index is 0.248. The fraction of sp³-hybridized carbons (Fsp3) is 0.294. The van der Waals surface area contributed by atoms with E-state index in [1.807, 2.05) is 24.3 Å². The van der Waals surface area contributed by atoms with Crippen molar-refractivity contribution < 1.29 is 9.90 Å². The molecule has 1 heterocycles. The zero-order valence-corrected chi connectivity index (χ0v) is 11.6. The topological polar surface area (TPSA) is 50.2 Å². The van der Waals surface area contributed by atoms with Gasteiger partial charge in [0.25, 0.3) is 0 Å². The zero-order valence-electron chi connectivity index (χ0n) is 11.6. The van der Waals surface area contributed by atoms with E-state index in [4.69, 9.17) is 0 Å². The third kappa shape index (κ3) is 3.44. The summed E-state index contributed by atoms with van der Waals surface area (Å²) in [5, 5.41) is 9.49. The molecule has 2 rings (SSSR count). The Morgan fingerprint density at radius 1 is 1.15 bits per heavy atom. The van der Waals surface area contributed by atoms with Crippen molar-refractivity contribution in [3.8, 4) is 0 Å². The van der Waals surface area contributed by atoms with Gasteiger partial charge in [0, 0.05) is 12.4 Å². The van der Waals surface area contributed by atoms with E-state index in [-0.39, 0.29) is 5.92 Å². The van der Waals surface area contributed by atoms with Crippen LogP contribution in [-0.4, -0.2) is 16.1 Å². The maximum Gasteiger partial charge on any atom is 0.311 e. The van der Waals surface area contributed by atoms with E-state index in [9.17, 15) is 9.90 Å². The Labute approximate surface area is 119 Å². The number of nitrogens with zero attached hydrogens (tertiary/aromatic N) is 1. The molecule has 0 unspecified atom stereocenters. The second-order valence-corrected chi connectivity index (χ2v) is 4.93. The van der Waals surface area contributed by atoms with Crippen LogP contribution in [0.25, 0.3) is 0 Å². The lowest BCUT2D eigenvalue weighted by Gasteiger charge is -2.20. The standard InChI is InChI=1S/C17H19NO2/c1-2-13(14-7-4-3-5-8-14)11-16(17(19)20)15-9-6-10-18-12-15/h3-10,12-13,16H,2,11H2,1H3,(H,19,20)/t13-,16-/m0/s1. The average Bonchev–Trinajstić information content (AvgIpc) is 2.50. The number of pyridine rings is 1. The smallest absolute Gasteiger partial charge is 0.311 e. The minimum Gasteiger partial charge on any atom is -0.481 e. The monoisotopic (exact) mass is 269 g/mol. The summed E-state index contributed by atoms with van der Waals surface area (Å²) in [6.45, 7) is 2.10. The van der Waals surface area contributed by atoms with Crippen molar-refractivity contribution in [3.63, 3.8) is 0 Å². The van der Waals surface area contributed by atoms with Gasteiger partial charge in [-0.25, -0.2) is 0 Å². The third-order valence-electron chi connectivity index (χ3n) is 3.67. The molecule has 0 saturated carbocycles. The van der Waals surface area contributed by atoms with Gasteiger partial charge < -0.3 is 5.11 Å². The molecular weight excluding hydrogens is 250 g/mol. The Morgan fingerprint density at radius 3 is 2.40 bits per heavy atom. The van der Waals surface area contributed by atoms with Crippen molar-refractivity contribution in [1.29, 1.82) is 0 Å². The first kappa shape index (κ1) is 14.3. The van der Waals surface area contributed by atoms with E-state index < -0.39 is 11.9 Å². The van der Waals surface area contributed by atoms with Crippen molar-refractivity contribution in [1.82, 2.24) is 4.98 Å². The molecule has 0 saturated heterocycles. The molecule has 1 aromatic heterocycles. The highest BCUT2D eigenvalue weighted by atomic mass is 16.4. The fourth-order valence-electron chi connectivity index (χ4n) is 2.51. The number of rotatable bonds is 6. The highest BCUT2D eigenvalue weighted by molar-refractivity contribution is 5.76. The lowest BCUT2D eigenvalue weighted by Crippen LogP contribution is -2.15. The number of hydrogen-bond donors (Lipinski definition) is 1. The van der Waals surface area contributed by atoms with Gasteiger partial charge in [-0.15, -0.1) is 0 Å². The molecule has 2 atom stereocenters. The van der Waals surface area contributed by atoms with Crippen molar-refractivity contribution >= 4 is 5.97 Å². The number of benzene rings is 1. The van der Waals surface area contributed by atoms with Crippen molar-refractivity contribution in [2.75, 3.05) is 0 Å². The summed E-state index contributed by atoms with van der Waals surface area (Å²) in [6, 6.07) is 13.7. The lowest BCUT2D eigenvalue weighted by molar-refractivity contribution is -0.139. The van der Waals surface area contributed by atoms with Gasteiger partial charge in [0.1, 0.15) is 0 Å². The summed E-state index contributed by atoms with van der Waals surface area (Å²) in [7, 11) is 0. The molecule has 1 N–H and O–H groups in total. The normalized spacial score (nSPS) is 13.7. The van der Waals surface area contributed by atoms with Gasteiger partial charge >= 0.3 is 5.97 Å².